The van der Waals surface area contributed by atoms with Gasteiger partial charge in [0, 0.05) is 18.2 Å². The van der Waals surface area contributed by atoms with Crippen LogP contribution < -0.4 is 5.32 Å². The van der Waals surface area contributed by atoms with Crippen molar-refractivity contribution in [1.29, 1.82) is 0 Å². The minimum atomic E-state index is 0.814. The molecular formula is C16H28N2O. The van der Waals surface area contributed by atoms with Crippen LogP contribution >= 0.6 is 0 Å². The normalized spacial score (nSPS) is 15.4. The Hall–Kier alpha value is -0.800. The predicted octanol–water partition coefficient (Wildman–Crippen LogP) is 3.46. The Morgan fingerprint density at radius 3 is 2.79 bits per heavy atom. The smallest absolute Gasteiger partial charge is 0.118 e. The lowest BCUT2D eigenvalue weighted by Crippen LogP contribution is -2.26. The number of unbranched alkanes of at least 4 members (excludes halogenated alkanes) is 1. The molecule has 0 unspecified atom stereocenters. The van der Waals surface area contributed by atoms with E-state index in [-0.39, 0.29) is 0 Å². The van der Waals surface area contributed by atoms with Crippen molar-refractivity contribution in [2.75, 3.05) is 13.1 Å². The van der Waals surface area contributed by atoms with Crippen LogP contribution in [0.2, 0.25) is 0 Å². The molecule has 0 aromatic carbocycles. The molecule has 0 amide bonds. The molecule has 1 aromatic rings. The fraction of sp³-hybridized carbons (Fsp3) is 0.750. The fourth-order valence-electron chi connectivity index (χ4n) is 2.49. The zero-order chi connectivity index (χ0) is 13.7. The van der Waals surface area contributed by atoms with Crippen LogP contribution in [-0.2, 0) is 13.1 Å². The summed E-state index contributed by atoms with van der Waals surface area (Å²) < 4.78 is 5.92. The van der Waals surface area contributed by atoms with Gasteiger partial charge in [-0.1, -0.05) is 20.3 Å². The Kier molecular flexibility index (Phi) is 5.46. The molecule has 1 N–H and O–H groups in total. The summed E-state index contributed by atoms with van der Waals surface area (Å²) in [5, 5.41) is 3.37. The van der Waals surface area contributed by atoms with Gasteiger partial charge in [-0.2, -0.15) is 0 Å². The van der Waals surface area contributed by atoms with Crippen LogP contribution in [0.25, 0.3) is 0 Å². The van der Waals surface area contributed by atoms with Gasteiger partial charge in [0.1, 0.15) is 11.5 Å². The van der Waals surface area contributed by atoms with Gasteiger partial charge in [-0.3, -0.25) is 4.90 Å². The monoisotopic (exact) mass is 264 g/mol. The van der Waals surface area contributed by atoms with Gasteiger partial charge in [-0.15, -0.1) is 0 Å². The summed E-state index contributed by atoms with van der Waals surface area (Å²) in [6.07, 6.45) is 5.30. The molecule has 3 heteroatoms. The van der Waals surface area contributed by atoms with E-state index in [0.717, 1.165) is 37.2 Å². The molecular weight excluding hydrogens is 236 g/mol. The molecule has 0 atom stereocenters. The third-order valence-electron chi connectivity index (χ3n) is 3.86. The topological polar surface area (TPSA) is 28.4 Å². The summed E-state index contributed by atoms with van der Waals surface area (Å²) in [5.74, 6) is 2.20. The molecule has 1 aliphatic carbocycles. The number of nitrogens with zero attached hydrogens (tertiary/aromatic N) is 1. The first-order valence-electron chi connectivity index (χ1n) is 7.77. The molecule has 0 spiro atoms. The van der Waals surface area contributed by atoms with E-state index in [1.807, 2.05) is 0 Å². The molecule has 108 valence electrons. The molecule has 1 fully saturated rings. The van der Waals surface area contributed by atoms with Gasteiger partial charge in [0.2, 0.25) is 0 Å². The van der Waals surface area contributed by atoms with Crippen molar-refractivity contribution in [2.45, 2.75) is 65.6 Å². The molecule has 1 aromatic heterocycles. The SMILES string of the molecule is CCCCN(Cc1cc(CNCC)c(C)o1)C1CC1. The third-order valence-corrected chi connectivity index (χ3v) is 3.86. The summed E-state index contributed by atoms with van der Waals surface area (Å²) in [6.45, 7) is 10.6. The van der Waals surface area contributed by atoms with Crippen LogP contribution in [-0.4, -0.2) is 24.0 Å². The average molecular weight is 264 g/mol. The molecule has 19 heavy (non-hydrogen) atoms. The summed E-state index contributed by atoms with van der Waals surface area (Å²) in [6, 6.07) is 3.05. The second-order valence-corrected chi connectivity index (χ2v) is 5.63. The minimum absolute atomic E-state index is 0.814. The number of furan rings is 1. The maximum Gasteiger partial charge on any atom is 0.118 e. The van der Waals surface area contributed by atoms with Crippen molar-refractivity contribution in [2.24, 2.45) is 0 Å². The Balaban J connectivity index is 1.92. The van der Waals surface area contributed by atoms with Crippen molar-refractivity contribution in [3.63, 3.8) is 0 Å². The zero-order valence-corrected chi connectivity index (χ0v) is 12.7. The Morgan fingerprint density at radius 1 is 1.37 bits per heavy atom. The van der Waals surface area contributed by atoms with E-state index in [9.17, 15) is 0 Å². The first-order valence-corrected chi connectivity index (χ1v) is 7.77. The first kappa shape index (κ1) is 14.6. The summed E-state index contributed by atoms with van der Waals surface area (Å²) in [4.78, 5) is 2.60. The third kappa shape index (κ3) is 4.36. The molecule has 0 aliphatic heterocycles. The van der Waals surface area contributed by atoms with Crippen molar-refractivity contribution in [1.82, 2.24) is 10.2 Å². The van der Waals surface area contributed by atoms with Crippen LogP contribution in [0.5, 0.6) is 0 Å². The van der Waals surface area contributed by atoms with Gasteiger partial charge in [-0.05, 0) is 45.3 Å². The minimum Gasteiger partial charge on any atom is -0.465 e. The van der Waals surface area contributed by atoms with E-state index < -0.39 is 0 Å². The maximum absolute atomic E-state index is 5.92. The second-order valence-electron chi connectivity index (χ2n) is 5.63. The van der Waals surface area contributed by atoms with Crippen molar-refractivity contribution >= 4 is 0 Å². The van der Waals surface area contributed by atoms with Gasteiger partial charge < -0.3 is 9.73 Å². The van der Waals surface area contributed by atoms with Gasteiger partial charge >= 0.3 is 0 Å². The van der Waals surface area contributed by atoms with E-state index >= 15 is 0 Å². The predicted molar refractivity (Wildman–Crippen MR) is 79.2 cm³/mol. The lowest BCUT2D eigenvalue weighted by Gasteiger charge is -2.20. The lowest BCUT2D eigenvalue weighted by atomic mass is 10.2. The molecule has 3 nitrogen and oxygen atoms in total. The van der Waals surface area contributed by atoms with E-state index in [0.29, 0.717) is 0 Å². The van der Waals surface area contributed by atoms with Crippen LogP contribution in [0.4, 0.5) is 0 Å². The van der Waals surface area contributed by atoms with Crippen LogP contribution in [0.3, 0.4) is 0 Å². The number of hydrogen-bond acceptors (Lipinski definition) is 3. The standard InChI is InChI=1S/C16H28N2O/c1-4-6-9-18(15-7-8-15)12-16-10-14(11-17-5-2)13(3)19-16/h10,15,17H,4-9,11-12H2,1-3H3. The van der Waals surface area contributed by atoms with Gasteiger partial charge in [-0.25, -0.2) is 0 Å². The van der Waals surface area contributed by atoms with E-state index in [2.05, 4.69) is 37.1 Å². The molecule has 1 aliphatic rings. The highest BCUT2D eigenvalue weighted by molar-refractivity contribution is 5.20. The second kappa shape index (κ2) is 7.11. The summed E-state index contributed by atoms with van der Waals surface area (Å²) in [7, 11) is 0. The lowest BCUT2D eigenvalue weighted by molar-refractivity contribution is 0.229. The van der Waals surface area contributed by atoms with Crippen LogP contribution in [0, 0.1) is 6.92 Å². The quantitative estimate of drug-likeness (QED) is 0.740. The van der Waals surface area contributed by atoms with Crippen molar-refractivity contribution < 1.29 is 4.42 Å². The molecule has 1 saturated carbocycles. The largest absolute Gasteiger partial charge is 0.465 e. The molecule has 0 radical (unpaired) electrons. The average Bonchev–Trinajstić information content (AvgIpc) is 3.18. The van der Waals surface area contributed by atoms with Gasteiger partial charge in [0.15, 0.2) is 0 Å². The number of aryl methyl sites for hydroxylation is 1. The maximum atomic E-state index is 5.92. The Labute approximate surface area is 117 Å². The Morgan fingerprint density at radius 2 is 2.16 bits per heavy atom. The molecule has 0 bridgehead atoms. The summed E-state index contributed by atoms with van der Waals surface area (Å²) >= 11 is 0. The molecule has 2 rings (SSSR count). The first-order chi connectivity index (χ1) is 9.24. The number of nitrogens with one attached hydrogen (secondary N) is 1. The van der Waals surface area contributed by atoms with E-state index in [1.54, 1.807) is 0 Å². The van der Waals surface area contributed by atoms with Gasteiger partial charge in [0.05, 0.1) is 6.54 Å². The highest BCUT2D eigenvalue weighted by Crippen LogP contribution is 2.29. The van der Waals surface area contributed by atoms with Gasteiger partial charge in [0.25, 0.3) is 0 Å². The zero-order valence-electron chi connectivity index (χ0n) is 12.7. The summed E-state index contributed by atoms with van der Waals surface area (Å²) in [5.41, 5.74) is 1.31. The number of hydrogen-bond donors (Lipinski definition) is 1. The highest BCUT2D eigenvalue weighted by atomic mass is 16.3. The van der Waals surface area contributed by atoms with Crippen LogP contribution in [0.1, 0.15) is 56.6 Å². The van der Waals surface area contributed by atoms with Crippen LogP contribution in [0.15, 0.2) is 10.5 Å². The molecule has 1 heterocycles. The van der Waals surface area contributed by atoms with E-state index in [1.165, 1.54) is 37.8 Å². The van der Waals surface area contributed by atoms with Crippen molar-refractivity contribution in [3.05, 3.63) is 23.2 Å². The highest BCUT2D eigenvalue weighted by Gasteiger charge is 2.29. The fourth-order valence-corrected chi connectivity index (χ4v) is 2.49. The van der Waals surface area contributed by atoms with E-state index in [4.69, 9.17) is 4.42 Å². The number of rotatable bonds is 9. The Bertz CT molecular complexity index is 382. The van der Waals surface area contributed by atoms with Crippen molar-refractivity contribution in [3.8, 4) is 0 Å². The molecule has 0 saturated heterocycles.